The smallest absolute Gasteiger partial charge is 0.262 e. The van der Waals surface area contributed by atoms with E-state index in [0.717, 1.165) is 5.56 Å². The van der Waals surface area contributed by atoms with Gasteiger partial charge in [-0.3, -0.25) is 14.5 Å². The number of carbonyl (C=O) groups is 2. The maximum atomic E-state index is 13.7. The summed E-state index contributed by atoms with van der Waals surface area (Å²) in [6, 6.07) is 22.2. The van der Waals surface area contributed by atoms with Gasteiger partial charge in [0.25, 0.3) is 11.8 Å². The molecule has 2 saturated heterocycles. The Hall–Kier alpha value is -4.02. The van der Waals surface area contributed by atoms with E-state index in [4.69, 9.17) is 28.4 Å². The number of amides is 2. The Kier molecular flexibility index (Phi) is 7.36. The Morgan fingerprint density at radius 2 is 1.55 bits per heavy atom. The second-order valence-corrected chi connectivity index (χ2v) is 9.62. The highest BCUT2D eigenvalue weighted by Crippen LogP contribution is 2.40. The molecule has 9 nitrogen and oxygen atoms in total. The van der Waals surface area contributed by atoms with Crippen molar-refractivity contribution in [1.82, 2.24) is 4.90 Å². The standard InChI is InChI=1S/C31H29NO8/c1-3-17-36-27-25(32-28(33)22-11-7-8-12-23(22)29(32)34)31(38-21-15-13-20(35-2)14-16-21)39-24-18-37-30(40-26(24)27)19-9-5-4-6-10-19/h3-16,24-27,30-31H,1,17-18H2,2H3. The fourth-order valence-corrected chi connectivity index (χ4v) is 5.35. The average molecular weight is 544 g/mol. The van der Waals surface area contributed by atoms with Gasteiger partial charge < -0.3 is 28.4 Å². The van der Waals surface area contributed by atoms with Crippen molar-refractivity contribution in [2.45, 2.75) is 36.9 Å². The minimum absolute atomic E-state index is 0.156. The number of hydrogen-bond acceptors (Lipinski definition) is 8. The molecule has 6 unspecified atom stereocenters. The lowest BCUT2D eigenvalue weighted by molar-refractivity contribution is -0.342. The second-order valence-electron chi connectivity index (χ2n) is 9.62. The Morgan fingerprint density at radius 3 is 2.20 bits per heavy atom. The average Bonchev–Trinajstić information content (AvgIpc) is 3.25. The van der Waals surface area contributed by atoms with E-state index in [1.54, 1.807) is 61.7 Å². The summed E-state index contributed by atoms with van der Waals surface area (Å²) in [5.41, 5.74) is 1.46. The fourth-order valence-electron chi connectivity index (χ4n) is 5.35. The summed E-state index contributed by atoms with van der Waals surface area (Å²) in [4.78, 5) is 28.6. The minimum atomic E-state index is -1.08. The van der Waals surface area contributed by atoms with Gasteiger partial charge in [-0.1, -0.05) is 48.5 Å². The first-order valence-electron chi connectivity index (χ1n) is 13.1. The second kappa shape index (κ2) is 11.2. The zero-order valence-electron chi connectivity index (χ0n) is 21.9. The normalized spacial score (nSPS) is 27.6. The highest BCUT2D eigenvalue weighted by atomic mass is 16.8. The number of nitrogens with zero attached hydrogens (tertiary/aromatic N) is 1. The molecule has 3 aliphatic rings. The zero-order chi connectivity index (χ0) is 27.6. The molecule has 0 N–H and O–H groups in total. The lowest BCUT2D eigenvalue weighted by Gasteiger charge is -2.50. The third kappa shape index (κ3) is 4.77. The molecule has 0 aromatic heterocycles. The molecule has 6 rings (SSSR count). The molecule has 0 saturated carbocycles. The van der Waals surface area contributed by atoms with Gasteiger partial charge in [0.05, 0.1) is 31.5 Å². The summed E-state index contributed by atoms with van der Waals surface area (Å²) < 4.78 is 36.7. The Labute approximate surface area is 231 Å². The predicted molar refractivity (Wildman–Crippen MR) is 143 cm³/mol. The number of fused-ring (bicyclic) bond motifs is 2. The molecule has 40 heavy (non-hydrogen) atoms. The Morgan fingerprint density at radius 1 is 0.900 bits per heavy atom. The lowest BCUT2D eigenvalue weighted by atomic mass is 9.94. The molecule has 9 heteroatoms. The maximum Gasteiger partial charge on any atom is 0.262 e. The summed E-state index contributed by atoms with van der Waals surface area (Å²) >= 11 is 0. The highest BCUT2D eigenvalue weighted by Gasteiger charge is 2.57. The third-order valence-corrected chi connectivity index (χ3v) is 7.22. The van der Waals surface area contributed by atoms with E-state index in [9.17, 15) is 9.59 Å². The monoisotopic (exact) mass is 543 g/mol. The molecule has 0 bridgehead atoms. The molecule has 0 radical (unpaired) electrons. The molecular formula is C31H29NO8. The van der Waals surface area contributed by atoms with E-state index in [0.29, 0.717) is 22.6 Å². The topological polar surface area (TPSA) is 92.8 Å². The van der Waals surface area contributed by atoms with Crippen LogP contribution in [0.15, 0.2) is 91.5 Å². The number of ether oxygens (including phenoxy) is 6. The number of carbonyl (C=O) groups excluding carboxylic acids is 2. The number of imide groups is 1. The van der Waals surface area contributed by atoms with Gasteiger partial charge in [0, 0.05) is 5.56 Å². The van der Waals surface area contributed by atoms with Crippen LogP contribution in [-0.4, -0.2) is 67.7 Å². The quantitative estimate of drug-likeness (QED) is 0.309. The van der Waals surface area contributed by atoms with Gasteiger partial charge in [0.2, 0.25) is 6.29 Å². The van der Waals surface area contributed by atoms with E-state index in [1.165, 1.54) is 4.90 Å². The molecule has 3 aromatic carbocycles. The van der Waals surface area contributed by atoms with Crippen LogP contribution in [0, 0.1) is 0 Å². The van der Waals surface area contributed by atoms with Crippen molar-refractivity contribution in [3.05, 3.63) is 108 Å². The van der Waals surface area contributed by atoms with Crippen LogP contribution in [0.4, 0.5) is 0 Å². The molecule has 206 valence electrons. The van der Waals surface area contributed by atoms with Crippen molar-refractivity contribution >= 4 is 11.8 Å². The summed E-state index contributed by atoms with van der Waals surface area (Å²) in [5.74, 6) is 0.222. The van der Waals surface area contributed by atoms with Gasteiger partial charge in [-0.15, -0.1) is 6.58 Å². The highest BCUT2D eigenvalue weighted by molar-refractivity contribution is 6.21. The van der Waals surface area contributed by atoms with Crippen molar-refractivity contribution in [3.63, 3.8) is 0 Å². The maximum absolute atomic E-state index is 13.7. The van der Waals surface area contributed by atoms with Crippen molar-refractivity contribution in [2.75, 3.05) is 20.3 Å². The van der Waals surface area contributed by atoms with Gasteiger partial charge in [-0.2, -0.15) is 0 Å². The van der Waals surface area contributed by atoms with Crippen molar-refractivity contribution < 1.29 is 38.0 Å². The minimum Gasteiger partial charge on any atom is -0.497 e. The van der Waals surface area contributed by atoms with Crippen LogP contribution in [-0.2, 0) is 18.9 Å². The summed E-state index contributed by atoms with van der Waals surface area (Å²) in [5, 5.41) is 0. The molecule has 3 aromatic rings. The molecule has 6 atom stereocenters. The number of hydrogen-bond donors (Lipinski definition) is 0. The van der Waals surface area contributed by atoms with Crippen molar-refractivity contribution in [3.8, 4) is 11.5 Å². The first-order chi connectivity index (χ1) is 19.6. The van der Waals surface area contributed by atoms with E-state index < -0.39 is 48.7 Å². The largest absolute Gasteiger partial charge is 0.497 e. The molecule has 3 aliphatic heterocycles. The van der Waals surface area contributed by atoms with Gasteiger partial charge in [0.15, 0.2) is 6.29 Å². The molecule has 0 aliphatic carbocycles. The Bertz CT molecular complexity index is 1340. The number of benzene rings is 3. The van der Waals surface area contributed by atoms with Crippen molar-refractivity contribution in [2.24, 2.45) is 0 Å². The molecule has 2 fully saturated rings. The van der Waals surface area contributed by atoms with E-state index in [2.05, 4.69) is 6.58 Å². The Balaban J connectivity index is 1.39. The first-order valence-corrected chi connectivity index (χ1v) is 13.1. The van der Waals surface area contributed by atoms with Crippen LogP contribution >= 0.6 is 0 Å². The predicted octanol–water partition coefficient (Wildman–Crippen LogP) is 4.15. The summed E-state index contributed by atoms with van der Waals surface area (Å²) in [6.07, 6.45) is -2.22. The van der Waals surface area contributed by atoms with Crippen LogP contribution < -0.4 is 9.47 Å². The molecule has 0 spiro atoms. The number of methoxy groups -OCH3 is 1. The summed E-state index contributed by atoms with van der Waals surface area (Å²) in [6.45, 7) is 4.13. The van der Waals surface area contributed by atoms with E-state index in [-0.39, 0.29) is 13.2 Å². The van der Waals surface area contributed by atoms with Gasteiger partial charge in [0.1, 0.15) is 35.9 Å². The van der Waals surface area contributed by atoms with Crippen LogP contribution in [0.25, 0.3) is 0 Å². The van der Waals surface area contributed by atoms with Crippen molar-refractivity contribution in [1.29, 1.82) is 0 Å². The van der Waals surface area contributed by atoms with Crippen LogP contribution in [0.2, 0.25) is 0 Å². The zero-order valence-corrected chi connectivity index (χ0v) is 21.9. The van der Waals surface area contributed by atoms with Crippen LogP contribution in [0.1, 0.15) is 32.6 Å². The molecular weight excluding hydrogens is 514 g/mol. The molecule has 3 heterocycles. The lowest BCUT2D eigenvalue weighted by Crippen LogP contribution is -2.69. The van der Waals surface area contributed by atoms with E-state index >= 15 is 0 Å². The molecule has 2 amide bonds. The first kappa shape index (κ1) is 26.2. The van der Waals surface area contributed by atoms with Gasteiger partial charge in [-0.05, 0) is 36.4 Å². The van der Waals surface area contributed by atoms with Crippen LogP contribution in [0.5, 0.6) is 11.5 Å². The van der Waals surface area contributed by atoms with E-state index in [1.807, 2.05) is 30.3 Å². The van der Waals surface area contributed by atoms with Crippen LogP contribution in [0.3, 0.4) is 0 Å². The number of rotatable bonds is 8. The van der Waals surface area contributed by atoms with Gasteiger partial charge >= 0.3 is 0 Å². The van der Waals surface area contributed by atoms with Gasteiger partial charge in [-0.25, -0.2) is 0 Å². The fraction of sp³-hybridized carbons (Fsp3) is 0.290. The third-order valence-electron chi connectivity index (χ3n) is 7.22. The SMILES string of the molecule is C=CCOC1C2OC(c3ccccc3)OCC2OC(Oc2ccc(OC)cc2)C1N1C(=O)c2ccccc2C1=O. The summed E-state index contributed by atoms with van der Waals surface area (Å²) in [7, 11) is 1.58.